The number of hydrogen-bond acceptors (Lipinski definition) is 4. The molecule has 0 saturated carbocycles. The van der Waals surface area contributed by atoms with E-state index in [2.05, 4.69) is 15.4 Å². The minimum atomic E-state index is -0.185. The lowest BCUT2D eigenvalue weighted by atomic mass is 10.2. The normalized spacial score (nSPS) is 11.0. The van der Waals surface area contributed by atoms with Crippen LogP contribution in [0.5, 0.6) is 0 Å². The van der Waals surface area contributed by atoms with E-state index < -0.39 is 0 Å². The fraction of sp³-hybridized carbons (Fsp3) is 0.118. The summed E-state index contributed by atoms with van der Waals surface area (Å²) in [6.07, 6.45) is 9.59. The van der Waals surface area contributed by atoms with Crippen molar-refractivity contribution in [2.45, 2.75) is 13.0 Å². The number of aryl methyl sites for hydroxylation is 2. The van der Waals surface area contributed by atoms with Crippen LogP contribution in [-0.4, -0.2) is 20.7 Å². The number of amides is 1. The van der Waals surface area contributed by atoms with Crippen molar-refractivity contribution in [2.24, 2.45) is 0 Å². The number of anilines is 1. The molecule has 3 rings (SSSR count). The zero-order valence-electron chi connectivity index (χ0n) is 12.4. The molecule has 6 heteroatoms. The first kappa shape index (κ1) is 15.2. The molecule has 23 heavy (non-hydrogen) atoms. The van der Waals surface area contributed by atoms with Crippen LogP contribution < -0.4 is 5.32 Å². The molecule has 5 nitrogen and oxygen atoms in total. The molecule has 0 aliphatic rings. The Morgan fingerprint density at radius 1 is 1.26 bits per heavy atom. The lowest BCUT2D eigenvalue weighted by Gasteiger charge is -2.01. The second kappa shape index (κ2) is 7.51. The number of carbonyl (C=O) groups is 1. The SMILES string of the molecule is O=C(/C=C\c1ccsc1)Nc1ccn(CCc2ccncc2)n1. The zero-order chi connectivity index (χ0) is 15.9. The van der Waals surface area contributed by atoms with Crippen LogP contribution in [0.1, 0.15) is 11.1 Å². The fourth-order valence-corrected chi connectivity index (χ4v) is 2.68. The highest BCUT2D eigenvalue weighted by molar-refractivity contribution is 7.08. The second-order valence-corrected chi connectivity index (χ2v) is 5.73. The summed E-state index contributed by atoms with van der Waals surface area (Å²) in [7, 11) is 0. The van der Waals surface area contributed by atoms with Crippen molar-refractivity contribution in [3.8, 4) is 0 Å². The van der Waals surface area contributed by atoms with Crippen LogP contribution in [0.15, 0.2) is 59.7 Å². The zero-order valence-corrected chi connectivity index (χ0v) is 13.2. The van der Waals surface area contributed by atoms with Crippen LogP contribution in [0.3, 0.4) is 0 Å². The molecule has 0 unspecified atom stereocenters. The van der Waals surface area contributed by atoms with E-state index in [-0.39, 0.29) is 5.91 Å². The molecule has 0 spiro atoms. The third kappa shape index (κ3) is 4.62. The minimum absolute atomic E-state index is 0.185. The van der Waals surface area contributed by atoms with Crippen LogP contribution in [0.4, 0.5) is 5.82 Å². The minimum Gasteiger partial charge on any atom is -0.306 e. The van der Waals surface area contributed by atoms with E-state index in [1.807, 2.05) is 39.8 Å². The van der Waals surface area contributed by atoms with Crippen LogP contribution in [0.2, 0.25) is 0 Å². The van der Waals surface area contributed by atoms with Crippen molar-refractivity contribution in [3.05, 3.63) is 70.8 Å². The highest BCUT2D eigenvalue weighted by Crippen LogP contribution is 2.08. The highest BCUT2D eigenvalue weighted by atomic mass is 32.1. The van der Waals surface area contributed by atoms with Crippen molar-refractivity contribution in [3.63, 3.8) is 0 Å². The summed E-state index contributed by atoms with van der Waals surface area (Å²) in [6.45, 7) is 0.755. The Morgan fingerprint density at radius 2 is 2.13 bits per heavy atom. The first-order valence-corrected chi connectivity index (χ1v) is 8.17. The van der Waals surface area contributed by atoms with Gasteiger partial charge in [-0.25, -0.2) is 0 Å². The molecule has 0 aromatic carbocycles. The van der Waals surface area contributed by atoms with Gasteiger partial charge in [0.15, 0.2) is 5.82 Å². The van der Waals surface area contributed by atoms with E-state index in [0.717, 1.165) is 18.5 Å². The highest BCUT2D eigenvalue weighted by Gasteiger charge is 2.02. The largest absolute Gasteiger partial charge is 0.306 e. The topological polar surface area (TPSA) is 59.8 Å². The predicted octanol–water partition coefficient (Wildman–Crippen LogP) is 3.23. The Kier molecular flexibility index (Phi) is 4.95. The average Bonchev–Trinajstić information content (AvgIpc) is 3.24. The molecule has 0 aliphatic carbocycles. The molecule has 0 saturated heterocycles. The van der Waals surface area contributed by atoms with Gasteiger partial charge in [0.1, 0.15) is 0 Å². The maximum absolute atomic E-state index is 11.8. The number of carbonyl (C=O) groups excluding carboxylic acids is 1. The third-order valence-corrected chi connectivity index (χ3v) is 3.94. The molecule has 0 bridgehead atoms. The van der Waals surface area contributed by atoms with E-state index in [0.29, 0.717) is 5.82 Å². The van der Waals surface area contributed by atoms with Gasteiger partial charge in [0, 0.05) is 37.3 Å². The van der Waals surface area contributed by atoms with Gasteiger partial charge >= 0.3 is 0 Å². The van der Waals surface area contributed by atoms with Gasteiger partial charge in [0.25, 0.3) is 0 Å². The van der Waals surface area contributed by atoms with Crippen molar-refractivity contribution >= 4 is 29.1 Å². The maximum Gasteiger partial charge on any atom is 0.249 e. The van der Waals surface area contributed by atoms with Gasteiger partial charge < -0.3 is 5.32 Å². The number of hydrogen-bond donors (Lipinski definition) is 1. The summed E-state index contributed by atoms with van der Waals surface area (Å²) in [6, 6.07) is 7.73. The van der Waals surface area contributed by atoms with E-state index in [1.54, 1.807) is 35.9 Å². The molecule has 0 fully saturated rings. The number of nitrogens with zero attached hydrogens (tertiary/aromatic N) is 3. The molecule has 1 N–H and O–H groups in total. The Labute approximate surface area is 138 Å². The summed E-state index contributed by atoms with van der Waals surface area (Å²) < 4.78 is 1.82. The summed E-state index contributed by atoms with van der Waals surface area (Å²) in [5.41, 5.74) is 2.23. The van der Waals surface area contributed by atoms with Gasteiger partial charge in [-0.05, 0) is 52.6 Å². The average molecular weight is 324 g/mol. The second-order valence-electron chi connectivity index (χ2n) is 4.95. The van der Waals surface area contributed by atoms with Gasteiger partial charge in [-0.3, -0.25) is 14.5 Å². The third-order valence-electron chi connectivity index (χ3n) is 3.24. The van der Waals surface area contributed by atoms with E-state index in [1.165, 1.54) is 11.6 Å². The molecule has 0 atom stereocenters. The van der Waals surface area contributed by atoms with Crippen LogP contribution >= 0.6 is 11.3 Å². The van der Waals surface area contributed by atoms with E-state index in [9.17, 15) is 4.79 Å². The quantitative estimate of drug-likeness (QED) is 0.708. The monoisotopic (exact) mass is 324 g/mol. The molecule has 3 aromatic rings. The number of rotatable bonds is 6. The van der Waals surface area contributed by atoms with Gasteiger partial charge in [-0.2, -0.15) is 16.4 Å². The molecule has 116 valence electrons. The lowest BCUT2D eigenvalue weighted by molar-refractivity contribution is -0.111. The Morgan fingerprint density at radius 3 is 2.91 bits per heavy atom. The summed E-state index contributed by atoms with van der Waals surface area (Å²) in [5, 5.41) is 11.1. The van der Waals surface area contributed by atoms with Gasteiger partial charge in [-0.15, -0.1) is 0 Å². The van der Waals surface area contributed by atoms with E-state index >= 15 is 0 Å². The number of thiophene rings is 1. The van der Waals surface area contributed by atoms with Crippen molar-refractivity contribution in [1.82, 2.24) is 14.8 Å². The number of aromatic nitrogens is 3. The summed E-state index contributed by atoms with van der Waals surface area (Å²) >= 11 is 1.60. The standard InChI is InChI=1S/C17H16N4OS/c22-17(2-1-15-7-12-23-13-15)19-16-6-11-21(20-16)10-5-14-3-8-18-9-4-14/h1-4,6-9,11-13H,5,10H2,(H,19,20,22)/b2-1-. The van der Waals surface area contributed by atoms with Gasteiger partial charge in [-0.1, -0.05) is 0 Å². The Hall–Kier alpha value is -2.73. The number of pyridine rings is 1. The molecule has 1 amide bonds. The molecular formula is C17H16N4OS. The summed E-state index contributed by atoms with van der Waals surface area (Å²) in [4.78, 5) is 15.8. The number of nitrogens with one attached hydrogen (secondary N) is 1. The smallest absolute Gasteiger partial charge is 0.249 e. The molecule has 3 aromatic heterocycles. The van der Waals surface area contributed by atoms with Crippen molar-refractivity contribution in [1.29, 1.82) is 0 Å². The lowest BCUT2D eigenvalue weighted by Crippen LogP contribution is -2.09. The first-order chi connectivity index (χ1) is 11.3. The Bertz CT molecular complexity index is 778. The van der Waals surface area contributed by atoms with Crippen LogP contribution in [0.25, 0.3) is 6.08 Å². The fourth-order valence-electron chi connectivity index (χ4n) is 2.06. The predicted molar refractivity (Wildman–Crippen MR) is 92.2 cm³/mol. The maximum atomic E-state index is 11.8. The van der Waals surface area contributed by atoms with E-state index in [4.69, 9.17) is 0 Å². The van der Waals surface area contributed by atoms with Crippen LogP contribution in [-0.2, 0) is 17.8 Å². The summed E-state index contributed by atoms with van der Waals surface area (Å²) in [5.74, 6) is 0.371. The first-order valence-electron chi connectivity index (χ1n) is 7.23. The molecular weight excluding hydrogens is 308 g/mol. The Balaban J connectivity index is 1.51. The van der Waals surface area contributed by atoms with Crippen molar-refractivity contribution < 1.29 is 4.79 Å². The molecule has 0 aliphatic heterocycles. The van der Waals surface area contributed by atoms with Gasteiger partial charge in [0.05, 0.1) is 0 Å². The molecule has 3 heterocycles. The van der Waals surface area contributed by atoms with Gasteiger partial charge in [0.2, 0.25) is 5.91 Å². The van der Waals surface area contributed by atoms with Crippen LogP contribution in [0, 0.1) is 0 Å². The van der Waals surface area contributed by atoms with Crippen molar-refractivity contribution in [2.75, 3.05) is 5.32 Å². The molecule has 0 radical (unpaired) electrons.